The molecule has 2 aromatic carbocycles. The summed E-state index contributed by atoms with van der Waals surface area (Å²) in [6.45, 7) is 0. The van der Waals surface area contributed by atoms with Gasteiger partial charge in [0.1, 0.15) is 0 Å². The topological polar surface area (TPSA) is 113 Å². The normalized spacial score (nSPS) is 11.9. The van der Waals surface area contributed by atoms with Crippen molar-refractivity contribution in [1.82, 2.24) is 5.32 Å². The van der Waals surface area contributed by atoms with Gasteiger partial charge in [0.05, 0.1) is 5.94 Å². The van der Waals surface area contributed by atoms with Gasteiger partial charge in [-0.15, -0.1) is 0 Å². The summed E-state index contributed by atoms with van der Waals surface area (Å²) in [4.78, 5) is 23.0. The maximum absolute atomic E-state index is 12.1. The van der Waals surface area contributed by atoms with E-state index >= 15 is 0 Å². The Morgan fingerprint density at radius 2 is 1.81 bits per heavy atom. The van der Waals surface area contributed by atoms with Crippen molar-refractivity contribution in [2.24, 2.45) is 5.73 Å². The molecule has 0 heterocycles. The van der Waals surface area contributed by atoms with Gasteiger partial charge in [0.2, 0.25) is 5.91 Å². The third-order valence-electron chi connectivity index (χ3n) is 3.11. The number of carbonyl (C=O) groups excluding carboxylic acids is 2. The molecule has 5 N–H and O–H groups in total. The number of carbonyl (C=O) groups is 2. The fraction of sp³-hybridized carbons (Fsp3) is 0.143. The van der Waals surface area contributed by atoms with Gasteiger partial charge >= 0.3 is 7.12 Å². The summed E-state index contributed by atoms with van der Waals surface area (Å²) >= 11 is 0. The minimum absolute atomic E-state index is 0.350. The number of hydrogen-bond donors (Lipinski definition) is 4. The lowest BCUT2D eigenvalue weighted by atomic mass is 9.77. The molecule has 0 spiro atoms. The number of hydrogen-bond acceptors (Lipinski definition) is 4. The molecule has 2 rings (SSSR count). The first-order valence-electron chi connectivity index (χ1n) is 6.41. The van der Waals surface area contributed by atoms with E-state index in [2.05, 4.69) is 5.32 Å². The van der Waals surface area contributed by atoms with Crippen LogP contribution in [0.25, 0.3) is 10.8 Å². The molecule has 6 nitrogen and oxygen atoms in total. The van der Waals surface area contributed by atoms with Crippen molar-refractivity contribution in [2.45, 2.75) is 12.4 Å². The molecule has 0 saturated heterocycles. The SMILES string of the molecule is NC(=O)C[C@H](NC(=O)c1ccc2ccccc2c1)B(O)O. The number of rotatable bonds is 5. The zero-order chi connectivity index (χ0) is 15.4. The van der Waals surface area contributed by atoms with E-state index in [1.165, 1.54) is 0 Å². The van der Waals surface area contributed by atoms with Crippen molar-refractivity contribution < 1.29 is 19.6 Å². The average molecular weight is 286 g/mol. The Morgan fingerprint density at radius 1 is 1.14 bits per heavy atom. The molecule has 108 valence electrons. The maximum atomic E-state index is 12.1. The predicted molar refractivity (Wildman–Crippen MR) is 79.2 cm³/mol. The highest BCUT2D eigenvalue weighted by molar-refractivity contribution is 6.44. The monoisotopic (exact) mass is 286 g/mol. The van der Waals surface area contributed by atoms with Crippen molar-refractivity contribution in [3.05, 3.63) is 48.0 Å². The van der Waals surface area contributed by atoms with Crippen LogP contribution in [0.3, 0.4) is 0 Å². The second-order valence-electron chi connectivity index (χ2n) is 4.73. The highest BCUT2D eigenvalue weighted by Crippen LogP contribution is 2.15. The fourth-order valence-corrected chi connectivity index (χ4v) is 2.03. The first kappa shape index (κ1) is 15.0. The molecule has 0 aliphatic heterocycles. The second kappa shape index (κ2) is 6.38. The van der Waals surface area contributed by atoms with E-state index in [0.29, 0.717) is 5.56 Å². The summed E-state index contributed by atoms with van der Waals surface area (Å²) in [5, 5.41) is 22.6. The van der Waals surface area contributed by atoms with Crippen LogP contribution >= 0.6 is 0 Å². The Hall–Kier alpha value is -2.38. The Balaban J connectivity index is 2.18. The molecular weight excluding hydrogens is 271 g/mol. The molecule has 2 amide bonds. The lowest BCUT2D eigenvalue weighted by Gasteiger charge is -2.16. The molecule has 0 aliphatic rings. The van der Waals surface area contributed by atoms with Crippen molar-refractivity contribution in [1.29, 1.82) is 0 Å². The van der Waals surface area contributed by atoms with Crippen LogP contribution in [0.15, 0.2) is 42.5 Å². The van der Waals surface area contributed by atoms with Gasteiger partial charge in [-0.3, -0.25) is 9.59 Å². The second-order valence-corrected chi connectivity index (χ2v) is 4.73. The van der Waals surface area contributed by atoms with Gasteiger partial charge in [-0.05, 0) is 22.9 Å². The minimum atomic E-state index is -1.86. The molecule has 0 unspecified atom stereocenters. The zero-order valence-electron chi connectivity index (χ0n) is 11.2. The Bertz CT molecular complexity index is 675. The standard InChI is InChI=1S/C14H15BN2O4/c16-13(18)8-12(15(20)21)17-14(19)11-6-5-9-3-1-2-4-10(9)7-11/h1-7,12,20-21H,8H2,(H2,16,18)(H,17,19)/t12-/m0/s1. The zero-order valence-corrected chi connectivity index (χ0v) is 11.2. The van der Waals surface area contributed by atoms with Gasteiger partial charge in [-0.1, -0.05) is 30.3 Å². The minimum Gasteiger partial charge on any atom is -0.426 e. The van der Waals surface area contributed by atoms with Crippen LogP contribution in [0.2, 0.25) is 0 Å². The number of nitrogens with one attached hydrogen (secondary N) is 1. The van der Waals surface area contributed by atoms with Gasteiger partial charge in [0.25, 0.3) is 5.91 Å². The van der Waals surface area contributed by atoms with Gasteiger partial charge in [-0.25, -0.2) is 0 Å². The summed E-state index contributed by atoms with van der Waals surface area (Å²) in [5.74, 6) is -2.37. The summed E-state index contributed by atoms with van der Waals surface area (Å²) < 4.78 is 0. The highest BCUT2D eigenvalue weighted by Gasteiger charge is 2.27. The molecule has 21 heavy (non-hydrogen) atoms. The highest BCUT2D eigenvalue weighted by atomic mass is 16.4. The Morgan fingerprint density at radius 3 is 2.43 bits per heavy atom. The van der Waals surface area contributed by atoms with Crippen molar-refractivity contribution >= 4 is 29.7 Å². The number of fused-ring (bicyclic) bond motifs is 1. The van der Waals surface area contributed by atoms with Crippen LogP contribution < -0.4 is 11.1 Å². The molecule has 0 fully saturated rings. The predicted octanol–water partition coefficient (Wildman–Crippen LogP) is -0.174. The van der Waals surface area contributed by atoms with Crippen LogP contribution in [0.4, 0.5) is 0 Å². The van der Waals surface area contributed by atoms with E-state index in [4.69, 9.17) is 15.8 Å². The largest absolute Gasteiger partial charge is 0.476 e. The molecule has 0 aliphatic carbocycles. The molecule has 0 saturated carbocycles. The molecule has 0 radical (unpaired) electrons. The number of amides is 2. The molecule has 2 aromatic rings. The van der Waals surface area contributed by atoms with E-state index in [1.807, 2.05) is 24.3 Å². The maximum Gasteiger partial charge on any atom is 0.476 e. The van der Waals surface area contributed by atoms with Crippen LogP contribution in [0, 0.1) is 0 Å². The first-order chi connectivity index (χ1) is 9.97. The van der Waals surface area contributed by atoms with Gasteiger partial charge < -0.3 is 21.1 Å². The van der Waals surface area contributed by atoms with Crippen LogP contribution in [0.5, 0.6) is 0 Å². The summed E-state index contributed by atoms with van der Waals surface area (Å²) in [6.07, 6.45) is -0.350. The smallest absolute Gasteiger partial charge is 0.426 e. The van der Waals surface area contributed by atoms with Crippen molar-refractivity contribution in [2.75, 3.05) is 0 Å². The van der Waals surface area contributed by atoms with Gasteiger partial charge in [0.15, 0.2) is 0 Å². The van der Waals surface area contributed by atoms with E-state index in [-0.39, 0.29) is 6.42 Å². The van der Waals surface area contributed by atoms with Gasteiger partial charge in [-0.2, -0.15) is 0 Å². The lowest BCUT2D eigenvalue weighted by molar-refractivity contribution is -0.118. The molecule has 0 aromatic heterocycles. The van der Waals surface area contributed by atoms with Crippen LogP contribution in [0.1, 0.15) is 16.8 Å². The van der Waals surface area contributed by atoms with Crippen molar-refractivity contribution in [3.8, 4) is 0 Å². The number of primary amides is 1. The molecule has 1 atom stereocenters. The molecule has 0 bridgehead atoms. The number of benzene rings is 2. The average Bonchev–Trinajstić information content (AvgIpc) is 2.45. The van der Waals surface area contributed by atoms with Crippen molar-refractivity contribution in [3.63, 3.8) is 0 Å². The van der Waals surface area contributed by atoms with E-state index in [1.54, 1.807) is 18.2 Å². The van der Waals surface area contributed by atoms with E-state index < -0.39 is 24.9 Å². The van der Waals surface area contributed by atoms with E-state index in [0.717, 1.165) is 10.8 Å². The first-order valence-corrected chi connectivity index (χ1v) is 6.41. The third kappa shape index (κ3) is 3.81. The Labute approximate surface area is 121 Å². The summed E-state index contributed by atoms with van der Waals surface area (Å²) in [6, 6.07) is 12.7. The molecular formula is C14H15BN2O4. The fourth-order valence-electron chi connectivity index (χ4n) is 2.03. The third-order valence-corrected chi connectivity index (χ3v) is 3.11. The lowest BCUT2D eigenvalue weighted by Crippen LogP contribution is -2.48. The molecule has 7 heteroatoms. The van der Waals surface area contributed by atoms with E-state index in [9.17, 15) is 9.59 Å². The van der Waals surface area contributed by atoms with Crippen LogP contribution in [-0.4, -0.2) is 34.9 Å². The number of nitrogens with two attached hydrogens (primary N) is 1. The van der Waals surface area contributed by atoms with Gasteiger partial charge in [0, 0.05) is 12.0 Å². The van der Waals surface area contributed by atoms with Crippen LogP contribution in [-0.2, 0) is 4.79 Å². The quantitative estimate of drug-likeness (QED) is 0.571. The Kier molecular flexibility index (Phi) is 4.57. The summed E-state index contributed by atoms with van der Waals surface area (Å²) in [5.41, 5.74) is 5.37. The summed E-state index contributed by atoms with van der Waals surface area (Å²) in [7, 11) is -1.86.